The zero-order valence-electron chi connectivity index (χ0n) is 20.5. The summed E-state index contributed by atoms with van der Waals surface area (Å²) in [4.78, 5) is 21.4. The highest BCUT2D eigenvalue weighted by atomic mass is 19.1. The smallest absolute Gasteiger partial charge is 0.341 e. The molecule has 0 spiro atoms. The second kappa shape index (κ2) is 10.4. The number of hydrogen-bond acceptors (Lipinski definition) is 5. The molecule has 1 aromatic carbocycles. The number of pyridine rings is 1. The van der Waals surface area contributed by atoms with E-state index in [0.717, 1.165) is 11.6 Å². The van der Waals surface area contributed by atoms with E-state index in [0.29, 0.717) is 49.7 Å². The Balaban J connectivity index is 1.49. The second-order valence-corrected chi connectivity index (χ2v) is 8.67. The minimum Gasteiger partial charge on any atom is -0.353 e. The molecule has 8 nitrogen and oxygen atoms in total. The molecule has 1 aliphatic heterocycles. The van der Waals surface area contributed by atoms with Crippen LogP contribution >= 0.6 is 0 Å². The van der Waals surface area contributed by atoms with Crippen molar-refractivity contribution in [2.45, 2.75) is 26.3 Å². The molecule has 1 saturated heterocycles. The van der Waals surface area contributed by atoms with Gasteiger partial charge in [-0.25, -0.2) is 28.0 Å². The van der Waals surface area contributed by atoms with Crippen molar-refractivity contribution in [1.29, 1.82) is 0 Å². The minimum absolute atomic E-state index is 0.221. The largest absolute Gasteiger partial charge is 0.353 e. The number of hydrogen-bond donors (Lipinski definition) is 0. The number of rotatable bonds is 6. The summed E-state index contributed by atoms with van der Waals surface area (Å²) in [6.07, 6.45) is 2.05. The molecule has 0 N–H and O–H groups in total. The molecule has 0 radical (unpaired) electrons. The molecule has 1 atom stereocenters. The lowest BCUT2D eigenvalue weighted by molar-refractivity contribution is 0.131. The maximum Gasteiger partial charge on any atom is 0.341 e. The van der Waals surface area contributed by atoms with Crippen molar-refractivity contribution in [3.63, 3.8) is 0 Å². The van der Waals surface area contributed by atoms with Crippen LogP contribution in [0.5, 0.6) is 0 Å². The maximum atomic E-state index is 14.6. The molecule has 3 aromatic rings. The summed E-state index contributed by atoms with van der Waals surface area (Å²) >= 11 is 0. The highest BCUT2D eigenvalue weighted by molar-refractivity contribution is 5.75. The van der Waals surface area contributed by atoms with Gasteiger partial charge in [0, 0.05) is 46.0 Å². The van der Waals surface area contributed by atoms with Gasteiger partial charge >= 0.3 is 6.03 Å². The molecule has 11 heteroatoms. The van der Waals surface area contributed by atoms with Crippen LogP contribution in [0.15, 0.2) is 41.6 Å². The third kappa shape index (κ3) is 4.91. The number of benzene rings is 1. The van der Waals surface area contributed by atoms with E-state index in [9.17, 15) is 18.0 Å². The Kier molecular flexibility index (Phi) is 7.27. The first-order chi connectivity index (χ1) is 17.2. The molecule has 190 valence electrons. The Bertz CT molecular complexity index is 1230. The number of carbonyl (C=O) groups excluding carboxylic acids is 1. The van der Waals surface area contributed by atoms with Gasteiger partial charge in [-0.05, 0) is 48.7 Å². The van der Waals surface area contributed by atoms with E-state index >= 15 is 0 Å². The minimum atomic E-state index is -0.721. The lowest BCUT2D eigenvalue weighted by atomic mass is 10.0. The van der Waals surface area contributed by atoms with Crippen molar-refractivity contribution in [3.8, 4) is 11.4 Å². The highest BCUT2D eigenvalue weighted by Gasteiger charge is 2.31. The van der Waals surface area contributed by atoms with Crippen LogP contribution in [-0.2, 0) is 7.05 Å². The van der Waals surface area contributed by atoms with E-state index < -0.39 is 29.5 Å². The van der Waals surface area contributed by atoms with Crippen molar-refractivity contribution < 1.29 is 18.0 Å². The summed E-state index contributed by atoms with van der Waals surface area (Å²) in [6, 6.07) is 5.11. The van der Waals surface area contributed by atoms with Crippen LogP contribution in [0.25, 0.3) is 11.4 Å². The Morgan fingerprint density at radius 2 is 1.81 bits per heavy atom. The van der Waals surface area contributed by atoms with Crippen LogP contribution in [0.1, 0.15) is 30.5 Å². The van der Waals surface area contributed by atoms with Gasteiger partial charge in [0.1, 0.15) is 23.1 Å². The Hall–Kier alpha value is -3.89. The summed E-state index contributed by atoms with van der Waals surface area (Å²) in [5.41, 5.74) is 1.95. The summed E-state index contributed by atoms with van der Waals surface area (Å²) in [7, 11) is 1.74. The van der Waals surface area contributed by atoms with Crippen molar-refractivity contribution >= 4 is 18.6 Å². The van der Waals surface area contributed by atoms with Gasteiger partial charge in [0.15, 0.2) is 5.82 Å². The van der Waals surface area contributed by atoms with Gasteiger partial charge in [-0.2, -0.15) is 10.2 Å². The summed E-state index contributed by atoms with van der Waals surface area (Å²) in [5, 5.41) is 9.23. The van der Waals surface area contributed by atoms with E-state index in [1.165, 1.54) is 23.2 Å². The third-order valence-electron chi connectivity index (χ3n) is 6.35. The van der Waals surface area contributed by atoms with E-state index in [1.807, 2.05) is 11.8 Å². The lowest BCUT2D eigenvalue weighted by Gasteiger charge is -2.38. The molecule has 3 heterocycles. The number of amides is 2. The van der Waals surface area contributed by atoms with Gasteiger partial charge in [-0.15, -0.1) is 0 Å². The number of anilines is 1. The number of carbonyl (C=O) groups is 1. The van der Waals surface area contributed by atoms with Crippen LogP contribution in [-0.4, -0.2) is 63.6 Å². The molecule has 0 aliphatic carbocycles. The molecule has 0 bridgehead atoms. The number of aryl methyl sites for hydroxylation is 2. The summed E-state index contributed by atoms with van der Waals surface area (Å²) in [6.45, 7) is 8.81. The van der Waals surface area contributed by atoms with Crippen molar-refractivity contribution in [3.05, 3.63) is 65.1 Å². The average Bonchev–Trinajstić information content (AvgIpc) is 3.19. The van der Waals surface area contributed by atoms with Crippen molar-refractivity contribution in [2.24, 2.45) is 12.1 Å². The van der Waals surface area contributed by atoms with E-state index in [1.54, 1.807) is 35.8 Å². The monoisotopic (exact) mass is 499 g/mol. The maximum absolute atomic E-state index is 14.6. The first-order valence-corrected chi connectivity index (χ1v) is 11.6. The number of aromatic nitrogens is 3. The molecule has 0 saturated carbocycles. The van der Waals surface area contributed by atoms with Gasteiger partial charge in [0.25, 0.3) is 0 Å². The molecular weight excluding hydrogens is 471 g/mol. The first-order valence-electron chi connectivity index (χ1n) is 11.6. The van der Waals surface area contributed by atoms with Gasteiger partial charge in [-0.1, -0.05) is 6.92 Å². The summed E-state index contributed by atoms with van der Waals surface area (Å²) < 4.78 is 43.8. The van der Waals surface area contributed by atoms with E-state index in [4.69, 9.17) is 0 Å². The number of urea groups is 1. The van der Waals surface area contributed by atoms with Crippen LogP contribution in [0.3, 0.4) is 0 Å². The predicted molar refractivity (Wildman–Crippen MR) is 131 cm³/mol. The Morgan fingerprint density at radius 3 is 2.36 bits per heavy atom. The molecule has 1 fully saturated rings. The van der Waals surface area contributed by atoms with Gasteiger partial charge < -0.3 is 9.80 Å². The zero-order valence-corrected chi connectivity index (χ0v) is 20.5. The van der Waals surface area contributed by atoms with Crippen LogP contribution < -0.4 is 4.90 Å². The fourth-order valence-electron chi connectivity index (χ4n) is 4.54. The number of halogens is 3. The first kappa shape index (κ1) is 25.2. The zero-order chi connectivity index (χ0) is 26.0. The number of nitrogens with zero attached hydrogens (tertiary/aromatic N) is 7. The van der Waals surface area contributed by atoms with Gasteiger partial charge in [-0.3, -0.25) is 4.68 Å². The number of hydrazone groups is 1. The van der Waals surface area contributed by atoms with Crippen molar-refractivity contribution in [1.82, 2.24) is 24.7 Å². The Labute approximate surface area is 207 Å². The Morgan fingerprint density at radius 1 is 1.14 bits per heavy atom. The van der Waals surface area contributed by atoms with Crippen LogP contribution in [0.2, 0.25) is 0 Å². The van der Waals surface area contributed by atoms with E-state index in [-0.39, 0.29) is 5.69 Å². The lowest BCUT2D eigenvalue weighted by Crippen LogP contribution is -2.52. The van der Waals surface area contributed by atoms with Gasteiger partial charge in [0.2, 0.25) is 0 Å². The molecule has 1 aliphatic rings. The quantitative estimate of drug-likeness (QED) is 0.370. The standard InChI is InChI=1S/C25H28F3N7O/c1-5-21(17-12-18(26)14-19(27)13-17)35(29-3)25(36)34-10-8-33(9-11-34)22-7-6-20(28)23(31-22)24-16(2)15-30-32(24)4/h6-7,12-15,21H,3,5,8-11H2,1-2,4H3/t21-/m0/s1. The number of piperazine rings is 1. The fourth-order valence-corrected chi connectivity index (χ4v) is 4.54. The predicted octanol–water partition coefficient (Wildman–Crippen LogP) is 4.52. The molecule has 0 unspecified atom stereocenters. The molecule has 4 rings (SSSR count). The summed E-state index contributed by atoms with van der Waals surface area (Å²) in [5.74, 6) is -1.28. The van der Waals surface area contributed by atoms with Crippen LogP contribution in [0, 0.1) is 24.4 Å². The normalized spacial score (nSPS) is 14.6. The molecule has 2 aromatic heterocycles. The van der Waals surface area contributed by atoms with Crippen LogP contribution in [0.4, 0.5) is 23.8 Å². The molecular formula is C25H28F3N7O. The third-order valence-corrected chi connectivity index (χ3v) is 6.35. The topological polar surface area (TPSA) is 69.9 Å². The fraction of sp³-hybridized carbons (Fsp3) is 0.360. The van der Waals surface area contributed by atoms with Gasteiger partial charge in [0.05, 0.1) is 17.9 Å². The SMILES string of the molecule is C=NN(C(=O)N1CCN(c2ccc(F)c(-c3c(C)cnn3C)n2)CC1)[C@@H](CC)c1cc(F)cc(F)c1. The van der Waals surface area contributed by atoms with Crippen molar-refractivity contribution in [2.75, 3.05) is 31.1 Å². The van der Waals surface area contributed by atoms with E-state index in [2.05, 4.69) is 21.9 Å². The molecule has 36 heavy (non-hydrogen) atoms. The average molecular weight is 500 g/mol. The second-order valence-electron chi connectivity index (χ2n) is 8.67. The highest BCUT2D eigenvalue weighted by Crippen LogP contribution is 2.29. The molecule has 2 amide bonds.